The molecule has 0 radical (unpaired) electrons. The van der Waals surface area contributed by atoms with Crippen molar-refractivity contribution in [3.05, 3.63) is 71.8 Å². The van der Waals surface area contributed by atoms with Gasteiger partial charge in [0.2, 0.25) is 0 Å². The van der Waals surface area contributed by atoms with E-state index in [2.05, 4.69) is 23.7 Å². The molecule has 0 aromatic heterocycles. The Morgan fingerprint density at radius 3 is 1.25 bits per heavy atom. The molecule has 0 amide bonds. The van der Waals surface area contributed by atoms with Crippen molar-refractivity contribution in [3.8, 4) is 23.7 Å². The van der Waals surface area contributed by atoms with Gasteiger partial charge in [0.15, 0.2) is 0 Å². The molecule has 1 aliphatic carbocycles. The summed E-state index contributed by atoms with van der Waals surface area (Å²) in [6.07, 6.45) is 1.69. The maximum Gasteiger partial charge on any atom is 0.126 e. The van der Waals surface area contributed by atoms with Gasteiger partial charge in [0.25, 0.3) is 0 Å². The highest BCUT2D eigenvalue weighted by Gasteiger charge is 2.38. The van der Waals surface area contributed by atoms with Crippen LogP contribution in [0.5, 0.6) is 0 Å². The summed E-state index contributed by atoms with van der Waals surface area (Å²) >= 11 is 0. The Morgan fingerprint density at radius 2 is 0.917 bits per heavy atom. The maximum atomic E-state index is 10.6. The van der Waals surface area contributed by atoms with Crippen molar-refractivity contribution < 1.29 is 10.2 Å². The standard InChI is InChI=1S/C22H20O2/c23-21(13-11-19-7-3-1-4-8-19)15-17-22(24,18-16-21)14-12-20-9-5-2-6-10-20/h1-10,23-24H,15-18H2/t21-,22-. The average molecular weight is 316 g/mol. The lowest BCUT2D eigenvalue weighted by atomic mass is 9.76. The lowest BCUT2D eigenvalue weighted by molar-refractivity contribution is -0.0219. The summed E-state index contributed by atoms with van der Waals surface area (Å²) in [4.78, 5) is 0. The molecule has 3 rings (SSSR count). The Bertz CT molecular complexity index is 722. The topological polar surface area (TPSA) is 40.5 Å². The van der Waals surface area contributed by atoms with Gasteiger partial charge in [-0.3, -0.25) is 0 Å². The van der Waals surface area contributed by atoms with E-state index in [0.717, 1.165) is 11.1 Å². The molecule has 0 bridgehead atoms. The van der Waals surface area contributed by atoms with Crippen LogP contribution in [0.4, 0.5) is 0 Å². The van der Waals surface area contributed by atoms with Crippen LogP contribution in [0.15, 0.2) is 60.7 Å². The molecular formula is C22H20O2. The van der Waals surface area contributed by atoms with Gasteiger partial charge in [-0.25, -0.2) is 0 Å². The molecule has 0 unspecified atom stereocenters. The largest absolute Gasteiger partial charge is 0.378 e. The second kappa shape index (κ2) is 6.93. The van der Waals surface area contributed by atoms with E-state index >= 15 is 0 Å². The highest BCUT2D eigenvalue weighted by atomic mass is 16.3. The molecule has 2 aromatic carbocycles. The Morgan fingerprint density at radius 1 is 0.583 bits per heavy atom. The van der Waals surface area contributed by atoms with E-state index in [-0.39, 0.29) is 0 Å². The maximum absolute atomic E-state index is 10.6. The molecule has 0 atom stereocenters. The molecule has 2 N–H and O–H groups in total. The van der Waals surface area contributed by atoms with Gasteiger partial charge >= 0.3 is 0 Å². The van der Waals surface area contributed by atoms with Gasteiger partial charge in [0, 0.05) is 11.1 Å². The van der Waals surface area contributed by atoms with Crippen molar-refractivity contribution in [2.45, 2.75) is 36.9 Å². The predicted molar refractivity (Wildman–Crippen MR) is 95.0 cm³/mol. The van der Waals surface area contributed by atoms with Gasteiger partial charge in [-0.1, -0.05) is 60.1 Å². The Hall–Kier alpha value is -2.52. The minimum absolute atomic E-state index is 0.423. The van der Waals surface area contributed by atoms with Crippen molar-refractivity contribution in [1.29, 1.82) is 0 Å². The molecule has 1 fully saturated rings. The SMILES string of the molecule is O[C@]1(C#Cc2ccccc2)CC[C@](O)(C#Cc2ccccc2)CC1. The van der Waals surface area contributed by atoms with Crippen LogP contribution >= 0.6 is 0 Å². The van der Waals surface area contributed by atoms with E-state index < -0.39 is 11.2 Å². The zero-order valence-electron chi connectivity index (χ0n) is 13.5. The van der Waals surface area contributed by atoms with E-state index in [9.17, 15) is 10.2 Å². The molecule has 24 heavy (non-hydrogen) atoms. The Kier molecular flexibility index (Phi) is 4.72. The molecule has 1 saturated carbocycles. The van der Waals surface area contributed by atoms with Crippen molar-refractivity contribution in [3.63, 3.8) is 0 Å². The zero-order valence-corrected chi connectivity index (χ0v) is 13.5. The van der Waals surface area contributed by atoms with Crippen molar-refractivity contribution in [2.75, 3.05) is 0 Å². The monoisotopic (exact) mass is 316 g/mol. The van der Waals surface area contributed by atoms with Crippen LogP contribution in [-0.4, -0.2) is 21.4 Å². The summed E-state index contributed by atoms with van der Waals surface area (Å²) in [6.45, 7) is 0. The van der Waals surface area contributed by atoms with Gasteiger partial charge in [-0.05, 0) is 49.9 Å². The summed E-state index contributed by atoms with van der Waals surface area (Å²) in [5, 5.41) is 21.2. The predicted octanol–water partition coefficient (Wildman–Crippen LogP) is 3.13. The summed E-state index contributed by atoms with van der Waals surface area (Å²) < 4.78 is 0. The molecule has 0 saturated heterocycles. The third kappa shape index (κ3) is 4.27. The molecule has 2 nitrogen and oxygen atoms in total. The zero-order chi connectivity index (χ0) is 16.9. The molecule has 0 spiro atoms. The molecule has 2 aromatic rings. The second-order valence-corrected chi connectivity index (χ2v) is 6.30. The second-order valence-electron chi connectivity index (χ2n) is 6.30. The summed E-state index contributed by atoms with van der Waals surface area (Å²) in [6, 6.07) is 19.2. The molecule has 1 aliphatic rings. The molecular weight excluding hydrogens is 296 g/mol. The first-order valence-electron chi connectivity index (χ1n) is 8.18. The third-order valence-electron chi connectivity index (χ3n) is 4.33. The van der Waals surface area contributed by atoms with E-state index in [1.165, 1.54) is 0 Å². The van der Waals surface area contributed by atoms with E-state index in [1.807, 2.05) is 60.7 Å². The summed E-state index contributed by atoms with van der Waals surface area (Å²) in [5.74, 6) is 12.0. The van der Waals surface area contributed by atoms with Gasteiger partial charge < -0.3 is 10.2 Å². The summed E-state index contributed by atoms with van der Waals surface area (Å²) in [7, 11) is 0. The fraction of sp³-hybridized carbons (Fsp3) is 0.273. The van der Waals surface area contributed by atoms with Gasteiger partial charge in [0.05, 0.1) is 0 Å². The van der Waals surface area contributed by atoms with Gasteiger partial charge in [-0.15, -0.1) is 0 Å². The van der Waals surface area contributed by atoms with Crippen LogP contribution < -0.4 is 0 Å². The Labute approximate surface area is 143 Å². The van der Waals surface area contributed by atoms with Crippen molar-refractivity contribution >= 4 is 0 Å². The number of hydrogen-bond donors (Lipinski definition) is 2. The van der Waals surface area contributed by atoms with Crippen LogP contribution in [-0.2, 0) is 0 Å². The van der Waals surface area contributed by atoms with E-state index in [4.69, 9.17) is 0 Å². The minimum atomic E-state index is -1.05. The van der Waals surface area contributed by atoms with Crippen LogP contribution in [0.25, 0.3) is 0 Å². The first-order chi connectivity index (χ1) is 11.6. The number of aliphatic hydroxyl groups is 2. The fourth-order valence-electron chi connectivity index (χ4n) is 2.75. The smallest absolute Gasteiger partial charge is 0.126 e. The number of hydrogen-bond acceptors (Lipinski definition) is 2. The number of benzene rings is 2. The average Bonchev–Trinajstić information content (AvgIpc) is 2.64. The summed E-state index contributed by atoms with van der Waals surface area (Å²) in [5.41, 5.74) is -0.321. The van der Waals surface area contributed by atoms with Gasteiger partial charge in [0.1, 0.15) is 11.2 Å². The van der Waals surface area contributed by atoms with Crippen molar-refractivity contribution in [2.24, 2.45) is 0 Å². The number of rotatable bonds is 0. The highest BCUT2D eigenvalue weighted by molar-refractivity contribution is 5.38. The van der Waals surface area contributed by atoms with E-state index in [0.29, 0.717) is 25.7 Å². The normalized spacial score (nSPS) is 25.8. The quantitative estimate of drug-likeness (QED) is 0.733. The highest BCUT2D eigenvalue weighted by Crippen LogP contribution is 2.34. The third-order valence-corrected chi connectivity index (χ3v) is 4.33. The van der Waals surface area contributed by atoms with Crippen LogP contribution in [0.3, 0.4) is 0 Å². The van der Waals surface area contributed by atoms with Gasteiger partial charge in [-0.2, -0.15) is 0 Å². The lowest BCUT2D eigenvalue weighted by Gasteiger charge is -2.35. The van der Waals surface area contributed by atoms with E-state index in [1.54, 1.807) is 0 Å². The van der Waals surface area contributed by atoms with Crippen LogP contribution in [0.2, 0.25) is 0 Å². The fourth-order valence-corrected chi connectivity index (χ4v) is 2.75. The first-order valence-corrected chi connectivity index (χ1v) is 8.18. The molecule has 0 heterocycles. The first kappa shape index (κ1) is 16.3. The van der Waals surface area contributed by atoms with Crippen LogP contribution in [0, 0.1) is 23.7 Å². The molecule has 120 valence electrons. The molecule has 0 aliphatic heterocycles. The Balaban J connectivity index is 1.67. The molecule has 2 heteroatoms. The van der Waals surface area contributed by atoms with Crippen LogP contribution in [0.1, 0.15) is 36.8 Å². The van der Waals surface area contributed by atoms with Crippen molar-refractivity contribution in [1.82, 2.24) is 0 Å². The lowest BCUT2D eigenvalue weighted by Crippen LogP contribution is -2.41. The minimum Gasteiger partial charge on any atom is -0.378 e.